The van der Waals surface area contributed by atoms with Crippen LogP contribution >= 0.6 is 0 Å². The minimum atomic E-state index is -1.78. The van der Waals surface area contributed by atoms with Crippen molar-refractivity contribution in [2.45, 2.75) is 25.4 Å². The molecule has 0 saturated heterocycles. The molecule has 12 heteroatoms. The molecule has 0 aliphatic rings. The summed E-state index contributed by atoms with van der Waals surface area (Å²) in [6.45, 7) is 2.82. The van der Waals surface area contributed by atoms with Crippen molar-refractivity contribution >= 4 is 46.6 Å². The Balaban J connectivity index is 3.94. The minimum Gasteiger partial charge on any atom is -0.362 e. The molecule has 0 spiro atoms. The number of nitrogens with one attached hydrogen (secondary N) is 4. The van der Waals surface area contributed by atoms with E-state index >= 15 is 0 Å². The monoisotopic (exact) mass is 422 g/mol. The highest BCUT2D eigenvalue weighted by Crippen LogP contribution is 2.42. The van der Waals surface area contributed by atoms with Gasteiger partial charge in [-0.1, -0.05) is 0 Å². The Kier molecular flexibility index (Phi) is 8.29. The van der Waals surface area contributed by atoms with Gasteiger partial charge in [0.25, 0.3) is 0 Å². The molecule has 2 unspecified atom stereocenters. The van der Waals surface area contributed by atoms with Gasteiger partial charge in [0.2, 0.25) is 0 Å². The first-order valence-electron chi connectivity index (χ1n) is 8.58. The molecule has 12 nitrogen and oxygen atoms in total. The van der Waals surface area contributed by atoms with Crippen LogP contribution in [0.2, 0.25) is 0 Å². The summed E-state index contributed by atoms with van der Waals surface area (Å²) < 4.78 is 0. The smallest absolute Gasteiger partial charge is 0.174 e. The van der Waals surface area contributed by atoms with Crippen LogP contribution in [0.15, 0.2) is 16.1 Å². The zero-order valence-corrected chi connectivity index (χ0v) is 16.9. The van der Waals surface area contributed by atoms with E-state index in [0.717, 1.165) is 12.4 Å². The molecule has 4 N–H and O–H groups in total. The van der Waals surface area contributed by atoms with E-state index in [-0.39, 0.29) is 22.7 Å². The van der Waals surface area contributed by atoms with Crippen molar-refractivity contribution in [2.75, 3.05) is 10.6 Å². The van der Waals surface area contributed by atoms with E-state index in [0.29, 0.717) is 5.56 Å². The SMILES string of the molecule is Cc1c(/N=C/C#N)c(/N=C/C#N)cc(NC(C)(C#N)C(=N)C#N)c1NC(C#N)C(=N)C#N. The average Bonchev–Trinajstić information content (AvgIpc) is 2.80. The quantitative estimate of drug-likeness (QED) is 0.452. The van der Waals surface area contributed by atoms with Crippen LogP contribution in [0, 0.1) is 85.7 Å². The number of aliphatic imine (C=N–C) groups is 2. The molecule has 0 fully saturated rings. The van der Waals surface area contributed by atoms with Crippen LogP contribution in [0.5, 0.6) is 0 Å². The van der Waals surface area contributed by atoms with Crippen molar-refractivity contribution in [3.8, 4) is 36.4 Å². The Labute approximate surface area is 183 Å². The molecule has 32 heavy (non-hydrogen) atoms. The van der Waals surface area contributed by atoms with Gasteiger partial charge in [-0.2, -0.15) is 31.6 Å². The van der Waals surface area contributed by atoms with Crippen LogP contribution in [0.1, 0.15) is 12.5 Å². The van der Waals surface area contributed by atoms with E-state index in [4.69, 9.17) is 31.9 Å². The van der Waals surface area contributed by atoms with Gasteiger partial charge in [-0.3, -0.25) is 10.8 Å². The molecule has 0 heterocycles. The fraction of sp³-hybridized carbons (Fsp3) is 0.200. The number of anilines is 2. The molecule has 0 aromatic heterocycles. The Hall–Kier alpha value is -5.56. The molecule has 0 bridgehead atoms. The summed E-state index contributed by atoms with van der Waals surface area (Å²) >= 11 is 0. The molecule has 1 rings (SSSR count). The summed E-state index contributed by atoms with van der Waals surface area (Å²) in [4.78, 5) is 7.98. The van der Waals surface area contributed by atoms with E-state index in [1.54, 1.807) is 30.3 Å². The summed E-state index contributed by atoms with van der Waals surface area (Å²) in [6.07, 6.45) is 1.84. The van der Waals surface area contributed by atoms with Gasteiger partial charge >= 0.3 is 0 Å². The van der Waals surface area contributed by atoms with Crippen molar-refractivity contribution < 1.29 is 0 Å². The van der Waals surface area contributed by atoms with E-state index in [9.17, 15) is 10.5 Å². The first kappa shape index (κ1) is 24.5. The Morgan fingerprint density at radius 2 is 1.69 bits per heavy atom. The summed E-state index contributed by atoms with van der Waals surface area (Å²) in [5, 5.41) is 75.7. The molecule has 0 aliphatic heterocycles. The lowest BCUT2D eigenvalue weighted by molar-refractivity contribution is 0.862. The van der Waals surface area contributed by atoms with E-state index in [1.807, 2.05) is 6.07 Å². The van der Waals surface area contributed by atoms with Crippen LogP contribution < -0.4 is 10.6 Å². The second-order valence-electron chi connectivity index (χ2n) is 6.15. The van der Waals surface area contributed by atoms with Gasteiger partial charge in [-0.15, -0.1) is 0 Å². The van der Waals surface area contributed by atoms with E-state index in [2.05, 4.69) is 20.6 Å². The van der Waals surface area contributed by atoms with Crippen LogP contribution in [-0.2, 0) is 0 Å². The van der Waals surface area contributed by atoms with Gasteiger partial charge < -0.3 is 10.6 Å². The maximum absolute atomic E-state index is 9.56. The van der Waals surface area contributed by atoms with Gasteiger partial charge in [0.15, 0.2) is 11.6 Å². The molecule has 1 aromatic carbocycles. The van der Waals surface area contributed by atoms with E-state index in [1.165, 1.54) is 19.9 Å². The highest BCUT2D eigenvalue weighted by atomic mass is 15.0. The predicted octanol–water partition coefficient (Wildman–Crippen LogP) is 2.53. The number of nitrogens with zero attached hydrogens (tertiary/aromatic N) is 8. The second-order valence-corrected chi connectivity index (χ2v) is 6.15. The van der Waals surface area contributed by atoms with Crippen molar-refractivity contribution in [1.29, 1.82) is 42.4 Å². The zero-order valence-electron chi connectivity index (χ0n) is 16.9. The van der Waals surface area contributed by atoms with Gasteiger partial charge in [0, 0.05) is 5.56 Å². The van der Waals surface area contributed by atoms with Crippen LogP contribution in [0.4, 0.5) is 22.7 Å². The maximum Gasteiger partial charge on any atom is 0.174 e. The first-order valence-corrected chi connectivity index (χ1v) is 8.58. The standard InChI is InChI=1S/C20H14N12/c1-12-18(30-6-4-22)14(29-5-3-21)7-15(32-20(2,11-26)17(28)10-25)19(12)31-16(9-24)13(27)8-23/h5-7,16,27-28,31-32H,1-2H3/b27-13?,28-17?,29-5+,30-6+. The Morgan fingerprint density at radius 1 is 1.06 bits per heavy atom. The summed E-state index contributed by atoms with van der Waals surface area (Å²) in [6, 6.07) is 10.2. The van der Waals surface area contributed by atoms with Crippen molar-refractivity contribution in [1.82, 2.24) is 0 Å². The number of benzene rings is 1. The van der Waals surface area contributed by atoms with Crippen LogP contribution in [-0.4, -0.2) is 35.4 Å². The topological polar surface area (TPSA) is 239 Å². The molecule has 0 amide bonds. The molecule has 2 atom stereocenters. The first-order chi connectivity index (χ1) is 15.2. The van der Waals surface area contributed by atoms with E-state index < -0.39 is 23.0 Å². The van der Waals surface area contributed by atoms with Crippen molar-refractivity contribution in [3.05, 3.63) is 11.6 Å². The lowest BCUT2D eigenvalue weighted by atomic mass is 9.96. The molecular formula is C20H14N12. The minimum absolute atomic E-state index is 0.0820. The van der Waals surface area contributed by atoms with Gasteiger partial charge in [-0.25, -0.2) is 9.98 Å². The van der Waals surface area contributed by atoms with Crippen LogP contribution in [0.25, 0.3) is 0 Å². The molecule has 0 aliphatic carbocycles. The second kappa shape index (κ2) is 10.8. The fourth-order valence-corrected chi connectivity index (χ4v) is 2.43. The third-order valence-electron chi connectivity index (χ3n) is 4.08. The predicted molar refractivity (Wildman–Crippen MR) is 116 cm³/mol. The summed E-state index contributed by atoms with van der Waals surface area (Å²) in [7, 11) is 0. The number of nitriles is 6. The highest BCUT2D eigenvalue weighted by molar-refractivity contribution is 6.08. The average molecular weight is 422 g/mol. The molecule has 1 aromatic rings. The third-order valence-corrected chi connectivity index (χ3v) is 4.08. The Morgan fingerprint density at radius 3 is 2.19 bits per heavy atom. The fourth-order valence-electron chi connectivity index (χ4n) is 2.43. The molecule has 154 valence electrons. The van der Waals surface area contributed by atoms with Gasteiger partial charge in [0.1, 0.15) is 48.1 Å². The molecular weight excluding hydrogens is 408 g/mol. The Bertz CT molecular complexity index is 1260. The lowest BCUT2D eigenvalue weighted by Crippen LogP contribution is -2.41. The van der Waals surface area contributed by atoms with Crippen molar-refractivity contribution in [2.24, 2.45) is 9.98 Å². The highest BCUT2D eigenvalue weighted by Gasteiger charge is 2.32. The zero-order chi connectivity index (χ0) is 24.3. The molecule has 0 saturated carbocycles. The number of rotatable bonds is 8. The van der Waals surface area contributed by atoms with Gasteiger partial charge in [-0.05, 0) is 19.9 Å². The third kappa shape index (κ3) is 5.28. The summed E-state index contributed by atoms with van der Waals surface area (Å²) in [5.41, 5.74) is -2.23. The molecule has 0 radical (unpaired) electrons. The maximum atomic E-state index is 9.56. The van der Waals surface area contributed by atoms with Gasteiger partial charge in [0.05, 0.1) is 34.9 Å². The lowest BCUT2D eigenvalue weighted by Gasteiger charge is -2.26. The van der Waals surface area contributed by atoms with Crippen LogP contribution in [0.3, 0.4) is 0 Å². The number of hydrogen-bond acceptors (Lipinski definition) is 12. The largest absolute Gasteiger partial charge is 0.362 e. The summed E-state index contributed by atoms with van der Waals surface area (Å²) in [5.74, 6) is 0. The normalized spacial score (nSPS) is 12.6. The van der Waals surface area contributed by atoms with Crippen molar-refractivity contribution in [3.63, 3.8) is 0 Å². The number of hydrogen-bond donors (Lipinski definition) is 4.